The number of nitrogens with one attached hydrogen (secondary N) is 2. The molecule has 0 saturated heterocycles. The number of aromatic nitrogens is 2. The highest BCUT2D eigenvalue weighted by atomic mass is 32.2. The van der Waals surface area contributed by atoms with Gasteiger partial charge in [-0.1, -0.05) is 6.07 Å². The van der Waals surface area contributed by atoms with E-state index in [0.717, 1.165) is 10.5 Å². The molecule has 2 rings (SSSR count). The quantitative estimate of drug-likeness (QED) is 0.752. The number of benzene rings is 1. The Bertz CT molecular complexity index is 667. The average molecular weight is 291 g/mol. The standard InChI is InChI=1S/C13H13N3O3S/c1-7-3-4-8(20-2)5-9(7)12(17)14-11-6-10(13(18)19)15-16-11/h3-6H,1-2H3,(H,18,19)(H2,14,15,16,17). The van der Waals surface area contributed by atoms with E-state index in [-0.39, 0.29) is 17.4 Å². The number of aromatic amines is 1. The first kappa shape index (κ1) is 14.1. The highest BCUT2D eigenvalue weighted by molar-refractivity contribution is 7.98. The summed E-state index contributed by atoms with van der Waals surface area (Å²) in [6.07, 6.45) is 1.93. The van der Waals surface area contributed by atoms with Crippen LogP contribution in [-0.4, -0.2) is 33.4 Å². The van der Waals surface area contributed by atoms with Crippen molar-refractivity contribution in [2.45, 2.75) is 11.8 Å². The predicted octanol–water partition coefficient (Wildman–Crippen LogP) is 2.39. The third-order valence-electron chi connectivity index (χ3n) is 2.74. The van der Waals surface area contributed by atoms with E-state index in [9.17, 15) is 9.59 Å². The van der Waals surface area contributed by atoms with E-state index in [2.05, 4.69) is 15.5 Å². The molecule has 0 radical (unpaired) electrons. The molecule has 0 unspecified atom stereocenters. The smallest absolute Gasteiger partial charge is 0.353 e. The van der Waals surface area contributed by atoms with Crippen LogP contribution in [0.1, 0.15) is 26.4 Å². The minimum absolute atomic E-state index is 0.0742. The lowest BCUT2D eigenvalue weighted by atomic mass is 10.1. The summed E-state index contributed by atoms with van der Waals surface area (Å²) in [6.45, 7) is 1.84. The fourth-order valence-electron chi connectivity index (χ4n) is 1.65. The first-order valence-corrected chi connectivity index (χ1v) is 6.98. The highest BCUT2D eigenvalue weighted by Gasteiger charge is 2.13. The Hall–Kier alpha value is -2.28. The second-order valence-electron chi connectivity index (χ2n) is 4.11. The van der Waals surface area contributed by atoms with Crippen LogP contribution in [0.3, 0.4) is 0 Å². The molecule has 1 amide bonds. The Labute approximate surface area is 119 Å². The molecule has 0 spiro atoms. The van der Waals surface area contributed by atoms with Gasteiger partial charge in [-0.25, -0.2) is 4.79 Å². The summed E-state index contributed by atoms with van der Waals surface area (Å²) in [6, 6.07) is 6.87. The van der Waals surface area contributed by atoms with Gasteiger partial charge < -0.3 is 10.4 Å². The zero-order valence-electron chi connectivity index (χ0n) is 10.9. The number of anilines is 1. The predicted molar refractivity (Wildman–Crippen MR) is 76.5 cm³/mol. The van der Waals surface area contributed by atoms with Gasteiger partial charge in [-0.3, -0.25) is 9.89 Å². The van der Waals surface area contributed by atoms with Crippen molar-refractivity contribution in [1.29, 1.82) is 0 Å². The topological polar surface area (TPSA) is 95.1 Å². The summed E-state index contributed by atoms with van der Waals surface area (Å²) in [5.41, 5.74) is 1.31. The van der Waals surface area contributed by atoms with E-state index in [4.69, 9.17) is 5.11 Å². The monoisotopic (exact) mass is 291 g/mol. The molecule has 2 aromatic rings. The number of hydrogen-bond acceptors (Lipinski definition) is 4. The lowest BCUT2D eigenvalue weighted by Crippen LogP contribution is -2.13. The lowest BCUT2D eigenvalue weighted by Gasteiger charge is -2.07. The highest BCUT2D eigenvalue weighted by Crippen LogP contribution is 2.20. The molecular weight excluding hydrogens is 278 g/mol. The molecule has 1 aromatic carbocycles. The van der Waals surface area contributed by atoms with E-state index >= 15 is 0 Å². The lowest BCUT2D eigenvalue weighted by molar-refractivity contribution is 0.0690. The zero-order valence-corrected chi connectivity index (χ0v) is 11.7. The van der Waals surface area contributed by atoms with Gasteiger partial charge >= 0.3 is 5.97 Å². The molecule has 0 aliphatic heterocycles. The zero-order chi connectivity index (χ0) is 14.7. The van der Waals surface area contributed by atoms with Gasteiger partial charge in [-0.05, 0) is 30.9 Å². The number of carboxylic acids is 1. The number of hydrogen-bond donors (Lipinski definition) is 3. The molecule has 6 nitrogen and oxygen atoms in total. The molecule has 0 bridgehead atoms. The minimum Gasteiger partial charge on any atom is -0.477 e. The summed E-state index contributed by atoms with van der Waals surface area (Å²) in [4.78, 5) is 23.9. The average Bonchev–Trinajstić information content (AvgIpc) is 2.88. The molecule has 1 heterocycles. The van der Waals surface area contributed by atoms with E-state index in [1.807, 2.05) is 25.3 Å². The Kier molecular flexibility index (Phi) is 4.09. The summed E-state index contributed by atoms with van der Waals surface area (Å²) >= 11 is 1.54. The van der Waals surface area contributed by atoms with Crippen molar-refractivity contribution in [3.63, 3.8) is 0 Å². The van der Waals surface area contributed by atoms with Gasteiger partial charge in [0.1, 0.15) is 5.69 Å². The van der Waals surface area contributed by atoms with Crippen molar-refractivity contribution >= 4 is 29.5 Å². The molecule has 0 atom stereocenters. The SMILES string of the molecule is CSc1ccc(C)c(C(=O)Nc2cc(C(=O)O)[nH]n2)c1. The molecule has 0 saturated carbocycles. The van der Waals surface area contributed by atoms with Crippen LogP contribution >= 0.6 is 11.8 Å². The van der Waals surface area contributed by atoms with Crippen molar-refractivity contribution in [1.82, 2.24) is 10.2 Å². The summed E-state index contributed by atoms with van der Waals surface area (Å²) in [7, 11) is 0. The van der Waals surface area contributed by atoms with Gasteiger partial charge in [0.2, 0.25) is 0 Å². The van der Waals surface area contributed by atoms with Crippen LogP contribution in [0.15, 0.2) is 29.2 Å². The first-order chi connectivity index (χ1) is 9.51. The Morgan fingerprint density at radius 2 is 2.10 bits per heavy atom. The molecule has 3 N–H and O–H groups in total. The van der Waals surface area contributed by atoms with E-state index in [1.165, 1.54) is 6.07 Å². The Morgan fingerprint density at radius 3 is 2.70 bits per heavy atom. The molecule has 0 aliphatic rings. The van der Waals surface area contributed by atoms with Crippen LogP contribution in [0.2, 0.25) is 0 Å². The Morgan fingerprint density at radius 1 is 1.35 bits per heavy atom. The second kappa shape index (κ2) is 5.79. The minimum atomic E-state index is -1.13. The van der Waals surface area contributed by atoms with E-state index < -0.39 is 5.97 Å². The van der Waals surface area contributed by atoms with Crippen LogP contribution in [0, 0.1) is 6.92 Å². The maximum Gasteiger partial charge on any atom is 0.353 e. The van der Waals surface area contributed by atoms with Crippen molar-refractivity contribution in [3.8, 4) is 0 Å². The maximum absolute atomic E-state index is 12.2. The number of nitrogens with zero attached hydrogens (tertiary/aromatic N) is 1. The van der Waals surface area contributed by atoms with Crippen molar-refractivity contribution in [2.75, 3.05) is 11.6 Å². The molecule has 20 heavy (non-hydrogen) atoms. The fraction of sp³-hybridized carbons (Fsp3) is 0.154. The number of H-pyrrole nitrogens is 1. The Balaban J connectivity index is 2.21. The fourth-order valence-corrected chi connectivity index (χ4v) is 2.09. The van der Waals surface area contributed by atoms with E-state index in [0.29, 0.717) is 5.56 Å². The first-order valence-electron chi connectivity index (χ1n) is 5.76. The summed E-state index contributed by atoms with van der Waals surface area (Å²) in [5, 5.41) is 17.4. The number of aryl methyl sites for hydroxylation is 1. The van der Waals surface area contributed by atoms with E-state index in [1.54, 1.807) is 17.8 Å². The molecule has 7 heteroatoms. The summed E-state index contributed by atoms with van der Waals surface area (Å²) in [5.74, 6) is -1.26. The number of carboxylic acid groups (broad SMARTS) is 1. The summed E-state index contributed by atoms with van der Waals surface area (Å²) < 4.78 is 0. The number of aromatic carboxylic acids is 1. The second-order valence-corrected chi connectivity index (χ2v) is 4.99. The molecule has 0 aliphatic carbocycles. The molecule has 0 fully saturated rings. The van der Waals surface area contributed by atoms with Gasteiger partial charge in [0.15, 0.2) is 5.82 Å². The van der Waals surface area contributed by atoms with Crippen molar-refractivity contribution in [3.05, 3.63) is 41.1 Å². The van der Waals surface area contributed by atoms with Crippen molar-refractivity contribution in [2.24, 2.45) is 0 Å². The van der Waals surface area contributed by atoms with Crippen LogP contribution in [0.5, 0.6) is 0 Å². The van der Waals surface area contributed by atoms with Crippen LogP contribution in [0.25, 0.3) is 0 Å². The third-order valence-corrected chi connectivity index (χ3v) is 3.46. The largest absolute Gasteiger partial charge is 0.477 e. The number of thioether (sulfide) groups is 1. The van der Waals surface area contributed by atoms with Crippen LogP contribution < -0.4 is 5.32 Å². The normalized spacial score (nSPS) is 10.3. The molecule has 104 valence electrons. The van der Waals surface area contributed by atoms with Crippen LogP contribution in [0.4, 0.5) is 5.82 Å². The van der Waals surface area contributed by atoms with Gasteiger partial charge in [-0.15, -0.1) is 11.8 Å². The van der Waals surface area contributed by atoms with Gasteiger partial charge in [0.05, 0.1) is 0 Å². The maximum atomic E-state index is 12.2. The van der Waals surface area contributed by atoms with Crippen LogP contribution in [-0.2, 0) is 0 Å². The number of amides is 1. The van der Waals surface area contributed by atoms with Crippen molar-refractivity contribution < 1.29 is 14.7 Å². The third kappa shape index (κ3) is 3.00. The number of carbonyl (C=O) groups is 2. The number of rotatable bonds is 4. The molecular formula is C13H13N3O3S. The molecule has 1 aromatic heterocycles. The van der Waals surface area contributed by atoms with Gasteiger partial charge in [0, 0.05) is 16.5 Å². The number of carbonyl (C=O) groups excluding carboxylic acids is 1. The van der Waals surface area contributed by atoms with Gasteiger partial charge in [0.25, 0.3) is 5.91 Å². The van der Waals surface area contributed by atoms with Gasteiger partial charge in [-0.2, -0.15) is 5.10 Å².